The molecular formula is C17H22BrN3O2. The number of H-pyrrole nitrogens is 1. The van der Waals surface area contributed by atoms with Crippen molar-refractivity contribution in [1.29, 1.82) is 0 Å². The molecule has 1 heterocycles. The number of amides is 1. The molecule has 0 saturated carbocycles. The first kappa shape index (κ1) is 17.5. The Morgan fingerprint density at radius 3 is 2.70 bits per heavy atom. The summed E-state index contributed by atoms with van der Waals surface area (Å²) in [6.45, 7) is 7.02. The quantitative estimate of drug-likeness (QED) is 0.830. The summed E-state index contributed by atoms with van der Waals surface area (Å²) >= 11 is 3.46. The largest absolute Gasteiger partial charge is 0.491 e. The third-order valence-corrected chi connectivity index (χ3v) is 4.44. The van der Waals surface area contributed by atoms with Gasteiger partial charge in [0.05, 0.1) is 16.7 Å². The zero-order chi connectivity index (χ0) is 17.0. The van der Waals surface area contributed by atoms with E-state index in [0.29, 0.717) is 18.8 Å². The standard InChI is InChI=1S/C17H22BrN3O2/c1-11(2)15-14(18)16(20-19-15)17(22)21(4)9-10-23-13-8-6-5-7-12(13)3/h5-8,11H,9-10H2,1-4H3,(H,19,20). The maximum Gasteiger partial charge on any atom is 0.275 e. The van der Waals surface area contributed by atoms with Gasteiger partial charge in [-0.3, -0.25) is 9.89 Å². The minimum atomic E-state index is -0.131. The Balaban J connectivity index is 1.94. The second-order valence-electron chi connectivity index (χ2n) is 5.80. The average Bonchev–Trinajstić information content (AvgIpc) is 2.90. The maximum atomic E-state index is 12.5. The molecule has 1 aromatic carbocycles. The van der Waals surface area contributed by atoms with Gasteiger partial charge >= 0.3 is 0 Å². The van der Waals surface area contributed by atoms with Gasteiger partial charge < -0.3 is 9.64 Å². The van der Waals surface area contributed by atoms with Gasteiger partial charge in [-0.25, -0.2) is 0 Å². The summed E-state index contributed by atoms with van der Waals surface area (Å²) in [5.74, 6) is 0.984. The van der Waals surface area contributed by atoms with Crippen LogP contribution in [0.3, 0.4) is 0 Å². The third-order valence-electron chi connectivity index (χ3n) is 3.64. The van der Waals surface area contributed by atoms with Crippen LogP contribution in [0.25, 0.3) is 0 Å². The van der Waals surface area contributed by atoms with Gasteiger partial charge in [0.1, 0.15) is 12.4 Å². The number of likely N-dealkylation sites (N-methyl/N-ethyl adjacent to an activating group) is 1. The second-order valence-corrected chi connectivity index (χ2v) is 6.59. The van der Waals surface area contributed by atoms with Crippen molar-refractivity contribution in [3.05, 3.63) is 45.7 Å². The molecule has 2 rings (SSSR count). The normalized spacial score (nSPS) is 10.9. The number of aromatic amines is 1. The summed E-state index contributed by atoms with van der Waals surface area (Å²) in [5, 5.41) is 7.06. The Morgan fingerprint density at radius 1 is 1.39 bits per heavy atom. The van der Waals surface area contributed by atoms with E-state index in [1.54, 1.807) is 11.9 Å². The molecule has 124 valence electrons. The van der Waals surface area contributed by atoms with Crippen LogP contribution >= 0.6 is 15.9 Å². The molecule has 0 aliphatic heterocycles. The lowest BCUT2D eigenvalue weighted by Gasteiger charge is -2.17. The summed E-state index contributed by atoms with van der Waals surface area (Å²) < 4.78 is 6.47. The van der Waals surface area contributed by atoms with E-state index >= 15 is 0 Å². The predicted octanol–water partition coefficient (Wildman–Crippen LogP) is 3.76. The molecule has 0 radical (unpaired) electrons. The highest BCUT2D eigenvalue weighted by molar-refractivity contribution is 9.10. The van der Waals surface area contributed by atoms with Gasteiger partial charge in [0.2, 0.25) is 0 Å². The van der Waals surface area contributed by atoms with Crippen molar-refractivity contribution in [3.63, 3.8) is 0 Å². The molecule has 1 amide bonds. The lowest BCUT2D eigenvalue weighted by Crippen LogP contribution is -2.31. The number of hydrogen-bond donors (Lipinski definition) is 1. The number of halogens is 1. The van der Waals surface area contributed by atoms with Gasteiger partial charge in [-0.2, -0.15) is 5.10 Å². The molecular weight excluding hydrogens is 358 g/mol. The number of nitrogens with zero attached hydrogens (tertiary/aromatic N) is 2. The first-order valence-electron chi connectivity index (χ1n) is 7.59. The van der Waals surface area contributed by atoms with Crippen molar-refractivity contribution in [2.24, 2.45) is 0 Å². The molecule has 23 heavy (non-hydrogen) atoms. The summed E-state index contributed by atoms with van der Waals surface area (Å²) in [6, 6.07) is 7.83. The molecule has 0 fully saturated rings. The number of benzene rings is 1. The number of ether oxygens (including phenoxy) is 1. The molecule has 0 bridgehead atoms. The monoisotopic (exact) mass is 379 g/mol. The van der Waals surface area contributed by atoms with Gasteiger partial charge in [-0.05, 0) is 40.4 Å². The van der Waals surface area contributed by atoms with Crippen molar-refractivity contribution in [2.75, 3.05) is 20.2 Å². The highest BCUT2D eigenvalue weighted by Gasteiger charge is 2.22. The Hall–Kier alpha value is -1.82. The average molecular weight is 380 g/mol. The Labute approximate surface area is 145 Å². The van der Waals surface area contributed by atoms with Crippen LogP contribution in [-0.4, -0.2) is 41.2 Å². The fourth-order valence-corrected chi connectivity index (χ4v) is 2.96. The first-order valence-corrected chi connectivity index (χ1v) is 8.38. The Morgan fingerprint density at radius 2 is 2.09 bits per heavy atom. The molecule has 2 aromatic rings. The lowest BCUT2D eigenvalue weighted by atomic mass is 10.1. The number of aryl methyl sites for hydroxylation is 1. The highest BCUT2D eigenvalue weighted by Crippen LogP contribution is 2.26. The van der Waals surface area contributed by atoms with E-state index < -0.39 is 0 Å². The van der Waals surface area contributed by atoms with Crippen LogP contribution in [0.15, 0.2) is 28.7 Å². The maximum absolute atomic E-state index is 12.5. The molecule has 0 atom stereocenters. The SMILES string of the molecule is Cc1ccccc1OCCN(C)C(=O)c1n[nH]c(C(C)C)c1Br. The molecule has 0 aliphatic rings. The van der Waals surface area contributed by atoms with Crippen LogP contribution in [0.5, 0.6) is 5.75 Å². The summed E-state index contributed by atoms with van der Waals surface area (Å²) in [4.78, 5) is 14.1. The summed E-state index contributed by atoms with van der Waals surface area (Å²) in [7, 11) is 1.75. The van der Waals surface area contributed by atoms with Crippen molar-refractivity contribution >= 4 is 21.8 Å². The van der Waals surface area contributed by atoms with E-state index in [1.807, 2.05) is 45.0 Å². The van der Waals surface area contributed by atoms with E-state index in [2.05, 4.69) is 26.1 Å². The summed E-state index contributed by atoms with van der Waals surface area (Å²) in [6.07, 6.45) is 0. The fraction of sp³-hybridized carbons (Fsp3) is 0.412. The van der Waals surface area contributed by atoms with Crippen molar-refractivity contribution in [1.82, 2.24) is 15.1 Å². The molecule has 0 unspecified atom stereocenters. The molecule has 6 heteroatoms. The summed E-state index contributed by atoms with van der Waals surface area (Å²) in [5.41, 5.74) is 2.42. The highest BCUT2D eigenvalue weighted by atomic mass is 79.9. The van der Waals surface area contributed by atoms with Crippen LogP contribution < -0.4 is 4.74 Å². The van der Waals surface area contributed by atoms with Gasteiger partial charge in [0.25, 0.3) is 5.91 Å². The Kier molecular flexibility index (Phi) is 5.82. The lowest BCUT2D eigenvalue weighted by molar-refractivity contribution is 0.0767. The Bertz CT molecular complexity index is 682. The molecule has 1 aromatic heterocycles. The van der Waals surface area contributed by atoms with Gasteiger partial charge in [-0.15, -0.1) is 0 Å². The van der Waals surface area contributed by atoms with Crippen molar-refractivity contribution in [3.8, 4) is 5.75 Å². The first-order chi connectivity index (χ1) is 10.9. The van der Waals surface area contributed by atoms with Crippen LogP contribution in [0, 0.1) is 6.92 Å². The predicted molar refractivity (Wildman–Crippen MR) is 94.0 cm³/mol. The minimum absolute atomic E-state index is 0.131. The second kappa shape index (κ2) is 7.64. The zero-order valence-electron chi connectivity index (χ0n) is 13.9. The molecule has 0 aliphatic carbocycles. The molecule has 0 saturated heterocycles. The molecule has 0 spiro atoms. The van der Waals surface area contributed by atoms with Gasteiger partial charge in [0, 0.05) is 7.05 Å². The number of carbonyl (C=O) groups excluding carboxylic acids is 1. The van der Waals surface area contributed by atoms with Gasteiger partial charge in [-0.1, -0.05) is 32.0 Å². The number of hydrogen-bond acceptors (Lipinski definition) is 3. The van der Waals surface area contributed by atoms with E-state index in [9.17, 15) is 4.79 Å². The number of aromatic nitrogens is 2. The van der Waals surface area contributed by atoms with Crippen LogP contribution in [0.1, 0.15) is 41.5 Å². The van der Waals surface area contributed by atoms with Crippen LogP contribution in [-0.2, 0) is 0 Å². The van der Waals surface area contributed by atoms with Crippen molar-refractivity contribution in [2.45, 2.75) is 26.7 Å². The van der Waals surface area contributed by atoms with E-state index in [-0.39, 0.29) is 11.8 Å². The topological polar surface area (TPSA) is 58.2 Å². The van der Waals surface area contributed by atoms with E-state index in [1.165, 1.54) is 0 Å². The zero-order valence-corrected chi connectivity index (χ0v) is 15.5. The van der Waals surface area contributed by atoms with Crippen LogP contribution in [0.4, 0.5) is 0 Å². The number of rotatable bonds is 6. The van der Waals surface area contributed by atoms with E-state index in [4.69, 9.17) is 4.74 Å². The fourth-order valence-electron chi connectivity index (χ4n) is 2.16. The molecule has 5 nitrogen and oxygen atoms in total. The number of para-hydroxylation sites is 1. The van der Waals surface area contributed by atoms with Crippen LogP contribution in [0.2, 0.25) is 0 Å². The number of carbonyl (C=O) groups is 1. The minimum Gasteiger partial charge on any atom is -0.491 e. The van der Waals surface area contributed by atoms with Gasteiger partial charge in [0.15, 0.2) is 5.69 Å². The number of nitrogens with one attached hydrogen (secondary N) is 1. The molecule has 1 N–H and O–H groups in total. The van der Waals surface area contributed by atoms with Crippen molar-refractivity contribution < 1.29 is 9.53 Å². The third kappa shape index (κ3) is 4.13. The smallest absolute Gasteiger partial charge is 0.275 e. The van der Waals surface area contributed by atoms with E-state index in [0.717, 1.165) is 21.5 Å².